The van der Waals surface area contributed by atoms with Crippen molar-refractivity contribution in [1.82, 2.24) is 0 Å². The maximum Gasteiger partial charge on any atom is 0.342 e. The summed E-state index contributed by atoms with van der Waals surface area (Å²) < 4.78 is 25.5. The molecule has 0 unspecified atom stereocenters. The summed E-state index contributed by atoms with van der Waals surface area (Å²) in [6.45, 7) is 5.26. The largest absolute Gasteiger partial charge is 0.342 e. The Morgan fingerprint density at radius 1 is 0.875 bits per heavy atom. The molecule has 2 aromatic carbocycles. The van der Waals surface area contributed by atoms with E-state index in [1.807, 2.05) is 60.7 Å². The van der Waals surface area contributed by atoms with Gasteiger partial charge >= 0.3 is 7.60 Å². The van der Waals surface area contributed by atoms with Crippen molar-refractivity contribution in [1.29, 1.82) is 0 Å². The molecule has 0 saturated carbocycles. The van der Waals surface area contributed by atoms with Crippen molar-refractivity contribution in [3.63, 3.8) is 0 Å². The van der Waals surface area contributed by atoms with Crippen LogP contribution in [0.4, 0.5) is 0 Å². The topological polar surface area (TPSA) is 35.5 Å². The Balaban J connectivity index is 1.97. The van der Waals surface area contributed by atoms with E-state index in [4.69, 9.17) is 9.05 Å². The van der Waals surface area contributed by atoms with Gasteiger partial charge in [0.15, 0.2) is 0 Å². The van der Waals surface area contributed by atoms with Crippen LogP contribution in [0.3, 0.4) is 0 Å². The molecule has 3 rings (SSSR count). The molecule has 1 heterocycles. The maximum atomic E-state index is 13.6. The lowest BCUT2D eigenvalue weighted by Gasteiger charge is -2.40. The average Bonchev–Trinajstić information content (AvgIpc) is 2.65. The van der Waals surface area contributed by atoms with Crippen LogP contribution in [0.15, 0.2) is 60.7 Å². The molecule has 0 aliphatic carbocycles. The summed E-state index contributed by atoms with van der Waals surface area (Å²) in [6.07, 6.45) is 1.93. The molecule has 1 fully saturated rings. The minimum Gasteiger partial charge on any atom is -0.307 e. The van der Waals surface area contributed by atoms with E-state index in [9.17, 15) is 4.57 Å². The zero-order chi connectivity index (χ0) is 17.0. The second kappa shape index (κ2) is 7.23. The van der Waals surface area contributed by atoms with Crippen LogP contribution in [0.5, 0.6) is 0 Å². The van der Waals surface area contributed by atoms with Crippen LogP contribution in [-0.2, 0) is 13.6 Å². The highest BCUT2D eigenvalue weighted by Crippen LogP contribution is 2.66. The minimum absolute atomic E-state index is 0.0220. The summed E-state index contributed by atoms with van der Waals surface area (Å²) in [7, 11) is -3.27. The van der Waals surface area contributed by atoms with Gasteiger partial charge in [0.25, 0.3) is 0 Å². The molecule has 0 amide bonds. The molecular weight excluding hydrogens is 319 g/mol. The lowest BCUT2D eigenvalue weighted by atomic mass is 9.84. The lowest BCUT2D eigenvalue weighted by molar-refractivity contribution is 0.00970. The van der Waals surface area contributed by atoms with Gasteiger partial charge in [-0.1, -0.05) is 74.5 Å². The van der Waals surface area contributed by atoms with E-state index in [-0.39, 0.29) is 11.1 Å². The summed E-state index contributed by atoms with van der Waals surface area (Å²) in [6, 6.07) is 19.7. The SMILES string of the molecule is CCC1(CC)COP(=O)(C(c2ccccc2)c2ccccc2)OC1. The molecule has 0 atom stereocenters. The second-order valence-corrected chi connectivity index (χ2v) is 8.63. The first-order chi connectivity index (χ1) is 11.6. The minimum atomic E-state index is -3.27. The summed E-state index contributed by atoms with van der Waals surface area (Å²) in [4.78, 5) is 0. The zero-order valence-corrected chi connectivity index (χ0v) is 15.2. The van der Waals surface area contributed by atoms with Crippen LogP contribution in [0.25, 0.3) is 0 Å². The third-order valence-electron chi connectivity index (χ3n) is 5.15. The smallest absolute Gasteiger partial charge is 0.307 e. The lowest BCUT2D eigenvalue weighted by Crippen LogP contribution is -2.35. The van der Waals surface area contributed by atoms with Crippen molar-refractivity contribution in [3.05, 3.63) is 71.8 Å². The van der Waals surface area contributed by atoms with E-state index in [2.05, 4.69) is 13.8 Å². The fourth-order valence-corrected chi connectivity index (χ4v) is 5.52. The standard InChI is InChI=1S/C20H25O3P/c1-3-20(4-2)15-22-24(21,23-16-20)19(17-11-7-5-8-12-17)18-13-9-6-10-14-18/h5-14,19H,3-4,15-16H2,1-2H3. The molecule has 1 saturated heterocycles. The van der Waals surface area contributed by atoms with Gasteiger partial charge in [-0.15, -0.1) is 0 Å². The van der Waals surface area contributed by atoms with Gasteiger partial charge in [0, 0.05) is 5.41 Å². The Hall–Kier alpha value is -1.41. The van der Waals surface area contributed by atoms with E-state index in [1.165, 1.54) is 0 Å². The van der Waals surface area contributed by atoms with E-state index in [0.717, 1.165) is 24.0 Å². The first-order valence-electron chi connectivity index (χ1n) is 8.61. The third-order valence-corrected chi connectivity index (χ3v) is 7.35. The van der Waals surface area contributed by atoms with Crippen LogP contribution in [0.2, 0.25) is 0 Å². The quantitative estimate of drug-likeness (QED) is 0.641. The molecule has 0 aromatic heterocycles. The van der Waals surface area contributed by atoms with Gasteiger partial charge < -0.3 is 9.05 Å². The highest BCUT2D eigenvalue weighted by Gasteiger charge is 2.46. The molecule has 4 heteroatoms. The monoisotopic (exact) mass is 344 g/mol. The van der Waals surface area contributed by atoms with E-state index < -0.39 is 7.60 Å². The van der Waals surface area contributed by atoms with Gasteiger partial charge in [0.1, 0.15) is 5.66 Å². The van der Waals surface area contributed by atoms with Gasteiger partial charge in [-0.05, 0) is 24.0 Å². The zero-order valence-electron chi connectivity index (χ0n) is 14.4. The van der Waals surface area contributed by atoms with Crippen LogP contribution in [-0.4, -0.2) is 13.2 Å². The predicted molar refractivity (Wildman–Crippen MR) is 97.3 cm³/mol. The number of hydrogen-bond acceptors (Lipinski definition) is 3. The Morgan fingerprint density at radius 2 is 1.29 bits per heavy atom. The van der Waals surface area contributed by atoms with Crippen LogP contribution in [0.1, 0.15) is 43.5 Å². The molecule has 2 aromatic rings. The fraction of sp³-hybridized carbons (Fsp3) is 0.400. The summed E-state index contributed by atoms with van der Waals surface area (Å²) >= 11 is 0. The average molecular weight is 344 g/mol. The van der Waals surface area contributed by atoms with Crippen LogP contribution in [0, 0.1) is 5.41 Å². The van der Waals surface area contributed by atoms with Gasteiger partial charge in [-0.2, -0.15) is 0 Å². The highest BCUT2D eigenvalue weighted by molar-refractivity contribution is 7.54. The third kappa shape index (κ3) is 3.35. The van der Waals surface area contributed by atoms with E-state index in [0.29, 0.717) is 13.2 Å². The second-order valence-electron chi connectivity index (χ2n) is 6.52. The van der Waals surface area contributed by atoms with Crippen molar-refractivity contribution in [3.8, 4) is 0 Å². The number of hydrogen-bond donors (Lipinski definition) is 0. The predicted octanol–water partition coefficient (Wildman–Crippen LogP) is 5.82. The Kier molecular flexibility index (Phi) is 5.24. The molecular formula is C20H25O3P. The van der Waals surface area contributed by atoms with Crippen LogP contribution >= 0.6 is 7.60 Å². The van der Waals surface area contributed by atoms with Gasteiger partial charge in [0.2, 0.25) is 0 Å². The normalized spacial score (nSPS) is 19.3. The van der Waals surface area contributed by atoms with Gasteiger partial charge in [-0.25, -0.2) is 0 Å². The van der Waals surface area contributed by atoms with Crippen molar-refractivity contribution in [2.45, 2.75) is 32.3 Å². The van der Waals surface area contributed by atoms with E-state index >= 15 is 0 Å². The molecule has 0 bridgehead atoms. The number of rotatable bonds is 5. The van der Waals surface area contributed by atoms with Crippen molar-refractivity contribution in [2.75, 3.05) is 13.2 Å². The fourth-order valence-electron chi connectivity index (χ4n) is 3.17. The first-order valence-corrected chi connectivity index (χ1v) is 10.2. The maximum absolute atomic E-state index is 13.6. The molecule has 128 valence electrons. The Morgan fingerprint density at radius 3 is 1.67 bits per heavy atom. The molecule has 0 radical (unpaired) electrons. The molecule has 0 spiro atoms. The van der Waals surface area contributed by atoms with Crippen molar-refractivity contribution < 1.29 is 13.6 Å². The van der Waals surface area contributed by atoms with Crippen LogP contribution < -0.4 is 0 Å². The molecule has 24 heavy (non-hydrogen) atoms. The summed E-state index contributed by atoms with van der Waals surface area (Å²) in [5, 5.41) is 0. The Bertz CT molecular complexity index is 642. The molecule has 3 nitrogen and oxygen atoms in total. The van der Waals surface area contributed by atoms with Crippen molar-refractivity contribution in [2.24, 2.45) is 5.41 Å². The summed E-state index contributed by atoms with van der Waals surface area (Å²) in [5.41, 5.74) is 1.53. The van der Waals surface area contributed by atoms with Gasteiger partial charge in [0.05, 0.1) is 13.2 Å². The summed E-state index contributed by atoms with van der Waals surface area (Å²) in [5.74, 6) is 0. The molecule has 0 N–H and O–H groups in total. The molecule has 1 aliphatic heterocycles. The highest BCUT2D eigenvalue weighted by atomic mass is 31.2. The molecule has 1 aliphatic rings. The first kappa shape index (κ1) is 17.4. The number of benzene rings is 2. The Labute approximate surface area is 144 Å². The van der Waals surface area contributed by atoms with Gasteiger partial charge in [-0.3, -0.25) is 4.57 Å². The van der Waals surface area contributed by atoms with E-state index in [1.54, 1.807) is 0 Å². The van der Waals surface area contributed by atoms with Crippen molar-refractivity contribution >= 4 is 7.60 Å².